The molecule has 9 nitrogen and oxygen atoms in total. The second-order valence-corrected chi connectivity index (χ2v) is 7.98. The molecule has 0 saturated carbocycles. The molecule has 1 aromatic carbocycles. The van der Waals surface area contributed by atoms with E-state index in [0.717, 1.165) is 61.9 Å². The minimum absolute atomic E-state index is 0.212. The molecule has 1 fully saturated rings. The predicted molar refractivity (Wildman–Crippen MR) is 124 cm³/mol. The summed E-state index contributed by atoms with van der Waals surface area (Å²) in [5.74, 6) is 1.74. The van der Waals surface area contributed by atoms with Crippen molar-refractivity contribution >= 4 is 17.5 Å². The van der Waals surface area contributed by atoms with E-state index in [1.54, 1.807) is 7.11 Å². The molecule has 1 aromatic heterocycles. The number of methoxy groups -OCH3 is 1. The number of hydrogen-bond acceptors (Lipinski definition) is 7. The molecule has 172 valence electrons. The van der Waals surface area contributed by atoms with Crippen LogP contribution in [0, 0.1) is 0 Å². The lowest BCUT2D eigenvalue weighted by molar-refractivity contribution is 0.122. The van der Waals surface area contributed by atoms with Crippen molar-refractivity contribution in [3.63, 3.8) is 0 Å². The third-order valence-corrected chi connectivity index (χ3v) is 5.78. The van der Waals surface area contributed by atoms with Gasteiger partial charge >= 0.3 is 6.03 Å². The first-order valence-electron chi connectivity index (χ1n) is 11.3. The highest BCUT2D eigenvalue weighted by molar-refractivity contribution is 5.89. The summed E-state index contributed by atoms with van der Waals surface area (Å²) in [6, 6.07) is 7.46. The summed E-state index contributed by atoms with van der Waals surface area (Å²) >= 11 is 0. The summed E-state index contributed by atoms with van der Waals surface area (Å²) in [6.07, 6.45) is 0.932. The molecule has 0 bridgehead atoms. The van der Waals surface area contributed by atoms with E-state index in [2.05, 4.69) is 20.4 Å². The van der Waals surface area contributed by atoms with Crippen LogP contribution in [0.25, 0.3) is 11.4 Å². The predicted octanol–water partition coefficient (Wildman–Crippen LogP) is 2.13. The van der Waals surface area contributed by atoms with Gasteiger partial charge in [-0.1, -0.05) is 0 Å². The number of rotatable bonds is 7. The van der Waals surface area contributed by atoms with E-state index in [1.165, 1.54) is 5.56 Å². The molecule has 2 N–H and O–H groups in total. The number of benzene rings is 1. The van der Waals surface area contributed by atoms with Gasteiger partial charge in [0.25, 0.3) is 0 Å². The second-order valence-electron chi connectivity index (χ2n) is 7.98. The van der Waals surface area contributed by atoms with Crippen molar-refractivity contribution in [3.8, 4) is 11.4 Å². The van der Waals surface area contributed by atoms with E-state index in [1.807, 2.05) is 31.2 Å². The molecule has 9 heteroatoms. The number of morpholine rings is 1. The van der Waals surface area contributed by atoms with Crippen molar-refractivity contribution in [2.24, 2.45) is 0 Å². The van der Waals surface area contributed by atoms with Crippen LogP contribution >= 0.6 is 0 Å². The second kappa shape index (κ2) is 10.7. The molecule has 0 radical (unpaired) electrons. The number of nitrogens with zero attached hydrogens (tertiary/aromatic N) is 4. The Labute approximate surface area is 189 Å². The maximum atomic E-state index is 11.8. The maximum Gasteiger partial charge on any atom is 0.319 e. The Bertz CT molecular complexity index is 915. The van der Waals surface area contributed by atoms with Crippen molar-refractivity contribution in [2.45, 2.75) is 19.9 Å². The third-order valence-electron chi connectivity index (χ3n) is 5.78. The summed E-state index contributed by atoms with van der Waals surface area (Å²) in [5, 5.41) is 5.56. The molecule has 0 atom stereocenters. The van der Waals surface area contributed by atoms with Gasteiger partial charge in [0, 0.05) is 63.2 Å². The van der Waals surface area contributed by atoms with Crippen LogP contribution < -0.4 is 15.5 Å². The Morgan fingerprint density at radius 3 is 2.66 bits per heavy atom. The average Bonchev–Trinajstić information content (AvgIpc) is 2.83. The van der Waals surface area contributed by atoms with Gasteiger partial charge in [0.2, 0.25) is 0 Å². The van der Waals surface area contributed by atoms with Crippen molar-refractivity contribution in [1.82, 2.24) is 20.2 Å². The first kappa shape index (κ1) is 22.4. The molecule has 0 spiro atoms. The number of carbonyl (C=O) groups excluding carboxylic acids is 1. The third kappa shape index (κ3) is 5.35. The van der Waals surface area contributed by atoms with Gasteiger partial charge in [0.15, 0.2) is 5.82 Å². The molecule has 2 aromatic rings. The molecule has 0 aliphatic carbocycles. The number of hydrogen-bond donors (Lipinski definition) is 2. The zero-order valence-electron chi connectivity index (χ0n) is 18.9. The van der Waals surface area contributed by atoms with Gasteiger partial charge in [0.1, 0.15) is 5.82 Å². The molecule has 1 saturated heterocycles. The number of carbonyl (C=O) groups is 1. The van der Waals surface area contributed by atoms with Crippen molar-refractivity contribution in [1.29, 1.82) is 0 Å². The lowest BCUT2D eigenvalue weighted by Gasteiger charge is -2.34. The van der Waals surface area contributed by atoms with Crippen molar-refractivity contribution in [3.05, 3.63) is 35.5 Å². The summed E-state index contributed by atoms with van der Waals surface area (Å²) in [7, 11) is 1.74. The fraction of sp³-hybridized carbons (Fsp3) is 0.522. The van der Waals surface area contributed by atoms with Crippen LogP contribution in [0.5, 0.6) is 0 Å². The Hall–Kier alpha value is -2.75. The maximum absolute atomic E-state index is 11.8. The molecule has 2 aliphatic heterocycles. The average molecular weight is 441 g/mol. The zero-order chi connectivity index (χ0) is 22.3. The topological polar surface area (TPSA) is 91.9 Å². The summed E-state index contributed by atoms with van der Waals surface area (Å²) < 4.78 is 10.8. The highest BCUT2D eigenvalue weighted by atomic mass is 16.5. The molecule has 32 heavy (non-hydrogen) atoms. The smallest absolute Gasteiger partial charge is 0.319 e. The fourth-order valence-electron chi connectivity index (χ4n) is 4.08. The highest BCUT2D eigenvalue weighted by Crippen LogP contribution is 2.30. The monoisotopic (exact) mass is 440 g/mol. The quantitative estimate of drug-likeness (QED) is 0.681. The number of nitrogens with one attached hydrogen (secondary N) is 2. The standard InChI is InChI=1S/C23H32N6O3/c1-3-24-23(30)25-18-6-4-17(5-7-18)21-26-20-16-28(10-13-31-2)9-8-19(20)22(27-21)29-11-14-32-15-12-29/h4-7H,3,8-16H2,1-2H3,(H2,24,25,30). The molecule has 2 amide bonds. The molecule has 4 rings (SSSR count). The van der Waals surface area contributed by atoms with Gasteiger partial charge in [-0.3, -0.25) is 4.90 Å². The van der Waals surface area contributed by atoms with Gasteiger partial charge in [-0.25, -0.2) is 14.8 Å². The van der Waals surface area contributed by atoms with Crippen molar-refractivity contribution < 1.29 is 14.3 Å². The lowest BCUT2D eigenvalue weighted by Crippen LogP contribution is -2.40. The minimum Gasteiger partial charge on any atom is -0.383 e. The molecule has 0 unspecified atom stereocenters. The molecule has 2 aliphatic rings. The van der Waals surface area contributed by atoms with Crippen LogP contribution in [0.3, 0.4) is 0 Å². The molecular formula is C23H32N6O3. The summed E-state index contributed by atoms with van der Waals surface area (Å²) in [6.45, 7) is 8.96. The largest absolute Gasteiger partial charge is 0.383 e. The van der Waals surface area contributed by atoms with Crippen LogP contribution in [0.2, 0.25) is 0 Å². The van der Waals surface area contributed by atoms with E-state index in [9.17, 15) is 4.79 Å². The van der Waals surface area contributed by atoms with Crippen LogP contribution in [0.15, 0.2) is 24.3 Å². The molecule has 3 heterocycles. The number of anilines is 2. The normalized spacial score (nSPS) is 16.5. The lowest BCUT2D eigenvalue weighted by atomic mass is 10.0. The van der Waals surface area contributed by atoms with E-state index in [4.69, 9.17) is 19.4 Å². The molecular weight excluding hydrogens is 408 g/mol. The number of urea groups is 1. The Morgan fingerprint density at radius 2 is 1.94 bits per heavy atom. The van der Waals surface area contributed by atoms with E-state index in [0.29, 0.717) is 32.2 Å². The van der Waals surface area contributed by atoms with Gasteiger partial charge in [-0.05, 0) is 37.6 Å². The highest BCUT2D eigenvalue weighted by Gasteiger charge is 2.26. The summed E-state index contributed by atoms with van der Waals surface area (Å²) in [5.41, 5.74) is 4.00. The van der Waals surface area contributed by atoms with Crippen LogP contribution in [0.4, 0.5) is 16.3 Å². The van der Waals surface area contributed by atoms with E-state index in [-0.39, 0.29) is 6.03 Å². The first-order chi connectivity index (χ1) is 15.7. The number of aromatic nitrogens is 2. The minimum atomic E-state index is -0.212. The summed E-state index contributed by atoms with van der Waals surface area (Å²) in [4.78, 5) is 26.4. The van der Waals surface area contributed by atoms with E-state index < -0.39 is 0 Å². The Balaban J connectivity index is 1.62. The van der Waals surface area contributed by atoms with Crippen LogP contribution in [0.1, 0.15) is 18.2 Å². The van der Waals surface area contributed by atoms with Gasteiger partial charge in [0.05, 0.1) is 25.5 Å². The van der Waals surface area contributed by atoms with E-state index >= 15 is 0 Å². The van der Waals surface area contributed by atoms with Gasteiger partial charge in [-0.2, -0.15) is 0 Å². The van der Waals surface area contributed by atoms with Gasteiger partial charge < -0.3 is 25.0 Å². The zero-order valence-corrected chi connectivity index (χ0v) is 18.9. The first-order valence-corrected chi connectivity index (χ1v) is 11.3. The Morgan fingerprint density at radius 1 is 1.16 bits per heavy atom. The number of ether oxygens (including phenoxy) is 2. The SMILES string of the molecule is CCNC(=O)Nc1ccc(-c2nc3c(c(N4CCOCC4)n2)CCN(CCOC)C3)cc1. The number of fused-ring (bicyclic) bond motifs is 1. The van der Waals surface area contributed by atoms with Crippen LogP contribution in [-0.4, -0.2) is 80.6 Å². The van der Waals surface area contributed by atoms with Crippen LogP contribution in [-0.2, 0) is 22.4 Å². The van der Waals surface area contributed by atoms with Crippen molar-refractivity contribution in [2.75, 3.05) is 69.9 Å². The Kier molecular flexibility index (Phi) is 7.51. The fourth-order valence-corrected chi connectivity index (χ4v) is 4.08. The number of amides is 2. The van der Waals surface area contributed by atoms with Gasteiger partial charge in [-0.15, -0.1) is 0 Å².